The van der Waals surface area contributed by atoms with Gasteiger partial charge in [-0.15, -0.1) is 0 Å². The summed E-state index contributed by atoms with van der Waals surface area (Å²) in [5, 5.41) is 0.908. The van der Waals surface area contributed by atoms with Crippen molar-refractivity contribution in [3.05, 3.63) is 59.1 Å². The molecule has 2 aromatic heterocycles. The molecule has 1 aromatic carbocycles. The van der Waals surface area contributed by atoms with Crippen molar-refractivity contribution >= 4 is 10.9 Å². The van der Waals surface area contributed by atoms with Gasteiger partial charge in [0.1, 0.15) is 5.82 Å². The number of rotatable bonds is 2. The number of benzene rings is 1. The predicted octanol–water partition coefficient (Wildman–Crippen LogP) is 3.67. The molecule has 1 aliphatic heterocycles. The van der Waals surface area contributed by atoms with E-state index in [1.165, 1.54) is 18.3 Å². The number of alkyl halides is 3. The topological polar surface area (TPSA) is 44.8 Å². The lowest BCUT2D eigenvalue weighted by atomic mass is 10.1. The fourth-order valence-corrected chi connectivity index (χ4v) is 3.16. The van der Waals surface area contributed by atoms with E-state index in [-0.39, 0.29) is 5.82 Å². The van der Waals surface area contributed by atoms with Gasteiger partial charge in [-0.05, 0) is 35.7 Å². The Morgan fingerprint density at radius 1 is 1.24 bits per heavy atom. The molecule has 8 heteroatoms. The number of H-pyrrole nitrogens is 1. The summed E-state index contributed by atoms with van der Waals surface area (Å²) in [7, 11) is 0. The van der Waals surface area contributed by atoms with Crippen molar-refractivity contribution in [1.82, 2.24) is 19.9 Å². The molecule has 130 valence electrons. The average Bonchev–Trinajstić information content (AvgIpc) is 2.95. The maximum absolute atomic E-state index is 13.3. The second-order valence-electron chi connectivity index (χ2n) is 6.13. The predicted molar refractivity (Wildman–Crippen MR) is 83.1 cm³/mol. The third kappa shape index (κ3) is 3.09. The molecular formula is C17H14F4N4. The lowest BCUT2D eigenvalue weighted by Crippen LogP contribution is -2.31. The van der Waals surface area contributed by atoms with Crippen LogP contribution in [-0.2, 0) is 25.7 Å². The van der Waals surface area contributed by atoms with Crippen LogP contribution in [0.3, 0.4) is 0 Å². The normalized spacial score (nSPS) is 15.5. The smallest absolute Gasteiger partial charge is 0.361 e. The second-order valence-corrected chi connectivity index (χ2v) is 6.13. The number of fused-ring (bicyclic) bond motifs is 2. The Hall–Kier alpha value is -2.48. The summed E-state index contributed by atoms with van der Waals surface area (Å²) < 4.78 is 51.6. The van der Waals surface area contributed by atoms with Crippen LogP contribution in [0.1, 0.15) is 22.6 Å². The van der Waals surface area contributed by atoms with Crippen LogP contribution in [0.5, 0.6) is 0 Å². The maximum atomic E-state index is 13.3. The molecule has 0 unspecified atom stereocenters. The van der Waals surface area contributed by atoms with E-state index in [0.29, 0.717) is 37.3 Å². The van der Waals surface area contributed by atoms with E-state index < -0.39 is 12.0 Å². The molecule has 0 radical (unpaired) electrons. The fourth-order valence-electron chi connectivity index (χ4n) is 3.16. The molecule has 0 saturated heterocycles. The number of hydrogen-bond acceptors (Lipinski definition) is 3. The zero-order valence-corrected chi connectivity index (χ0v) is 13.1. The molecule has 0 amide bonds. The van der Waals surface area contributed by atoms with Gasteiger partial charge < -0.3 is 4.98 Å². The minimum atomic E-state index is -4.54. The van der Waals surface area contributed by atoms with Gasteiger partial charge in [0.2, 0.25) is 5.82 Å². The lowest BCUT2D eigenvalue weighted by molar-refractivity contribution is -0.145. The quantitative estimate of drug-likeness (QED) is 0.717. The minimum Gasteiger partial charge on any atom is -0.361 e. The van der Waals surface area contributed by atoms with Crippen LogP contribution in [0.15, 0.2) is 30.6 Å². The first-order chi connectivity index (χ1) is 11.9. The molecule has 3 heterocycles. The highest BCUT2D eigenvalue weighted by Gasteiger charge is 2.35. The average molecular weight is 350 g/mol. The van der Waals surface area contributed by atoms with Gasteiger partial charge in [-0.1, -0.05) is 0 Å². The van der Waals surface area contributed by atoms with Crippen molar-refractivity contribution in [3.63, 3.8) is 0 Å². The lowest BCUT2D eigenvalue weighted by Gasteiger charge is -2.27. The summed E-state index contributed by atoms with van der Waals surface area (Å²) >= 11 is 0. The van der Waals surface area contributed by atoms with E-state index in [0.717, 1.165) is 16.5 Å². The van der Waals surface area contributed by atoms with Gasteiger partial charge in [0.15, 0.2) is 0 Å². The minimum absolute atomic E-state index is 0.316. The van der Waals surface area contributed by atoms with E-state index in [1.807, 2.05) is 4.90 Å². The molecule has 0 aliphatic carbocycles. The number of nitrogens with one attached hydrogen (secondary N) is 1. The Morgan fingerprint density at radius 3 is 2.88 bits per heavy atom. The molecule has 0 saturated carbocycles. The molecule has 4 nitrogen and oxygen atoms in total. The Kier molecular flexibility index (Phi) is 3.72. The third-order valence-electron chi connectivity index (χ3n) is 4.40. The molecular weight excluding hydrogens is 336 g/mol. The molecule has 25 heavy (non-hydrogen) atoms. The zero-order chi connectivity index (χ0) is 17.6. The summed E-state index contributed by atoms with van der Waals surface area (Å²) in [5.41, 5.74) is 2.85. The fraction of sp³-hybridized carbons (Fsp3) is 0.294. The highest BCUT2D eigenvalue weighted by Crippen LogP contribution is 2.28. The maximum Gasteiger partial charge on any atom is 0.451 e. The zero-order valence-electron chi connectivity index (χ0n) is 13.1. The van der Waals surface area contributed by atoms with Crippen LogP contribution in [0, 0.1) is 5.82 Å². The van der Waals surface area contributed by atoms with Crippen LogP contribution in [0.2, 0.25) is 0 Å². The van der Waals surface area contributed by atoms with Crippen molar-refractivity contribution < 1.29 is 17.6 Å². The largest absolute Gasteiger partial charge is 0.451 e. The van der Waals surface area contributed by atoms with E-state index in [4.69, 9.17) is 0 Å². The van der Waals surface area contributed by atoms with Crippen LogP contribution in [0.25, 0.3) is 10.9 Å². The van der Waals surface area contributed by atoms with Crippen LogP contribution >= 0.6 is 0 Å². The molecule has 4 rings (SSSR count). The molecule has 0 atom stereocenters. The first-order valence-corrected chi connectivity index (χ1v) is 7.80. The van der Waals surface area contributed by atoms with Crippen molar-refractivity contribution in [1.29, 1.82) is 0 Å². The summed E-state index contributed by atoms with van der Waals surface area (Å²) in [6, 6.07) is 4.53. The highest BCUT2D eigenvalue weighted by molar-refractivity contribution is 5.83. The molecule has 0 bridgehead atoms. The first-order valence-electron chi connectivity index (χ1n) is 7.80. The molecule has 1 N–H and O–H groups in total. The van der Waals surface area contributed by atoms with Crippen LogP contribution in [0.4, 0.5) is 17.6 Å². The van der Waals surface area contributed by atoms with E-state index in [2.05, 4.69) is 15.0 Å². The van der Waals surface area contributed by atoms with Crippen molar-refractivity contribution in [2.24, 2.45) is 0 Å². The molecule has 3 aromatic rings. The first kappa shape index (κ1) is 16.0. The van der Waals surface area contributed by atoms with Crippen molar-refractivity contribution in [2.75, 3.05) is 6.54 Å². The van der Waals surface area contributed by atoms with Gasteiger partial charge in [-0.3, -0.25) is 4.90 Å². The van der Waals surface area contributed by atoms with E-state index in [9.17, 15) is 17.6 Å². The van der Waals surface area contributed by atoms with Gasteiger partial charge in [-0.2, -0.15) is 13.2 Å². The molecule has 0 fully saturated rings. The van der Waals surface area contributed by atoms with E-state index in [1.54, 1.807) is 12.3 Å². The Morgan fingerprint density at radius 2 is 2.08 bits per heavy atom. The van der Waals surface area contributed by atoms with Gasteiger partial charge in [0, 0.05) is 42.9 Å². The standard InChI is InChI=1S/C17H14F4N4/c18-12-1-2-13-11(7-22-14(13)5-12)8-25-4-3-10-6-23-16(17(19,20)21)24-15(10)9-25/h1-2,5-7,22H,3-4,8-9H2. The summed E-state index contributed by atoms with van der Waals surface area (Å²) in [6.45, 7) is 1.58. The Labute approximate surface area is 140 Å². The number of nitrogens with zero attached hydrogens (tertiary/aromatic N) is 3. The molecule has 1 aliphatic rings. The molecule has 0 spiro atoms. The Balaban J connectivity index is 1.57. The third-order valence-corrected chi connectivity index (χ3v) is 4.40. The summed E-state index contributed by atoms with van der Waals surface area (Å²) in [4.78, 5) is 12.2. The summed E-state index contributed by atoms with van der Waals surface area (Å²) in [6.07, 6.45) is -0.861. The van der Waals surface area contributed by atoms with Crippen molar-refractivity contribution in [2.45, 2.75) is 25.7 Å². The highest BCUT2D eigenvalue weighted by atomic mass is 19.4. The number of hydrogen-bond donors (Lipinski definition) is 1. The summed E-state index contributed by atoms with van der Waals surface area (Å²) in [5.74, 6) is -1.42. The second kappa shape index (κ2) is 5.80. The van der Waals surface area contributed by atoms with Crippen LogP contribution in [-0.4, -0.2) is 26.4 Å². The van der Waals surface area contributed by atoms with Gasteiger partial charge in [0.05, 0.1) is 5.69 Å². The monoisotopic (exact) mass is 350 g/mol. The van der Waals surface area contributed by atoms with Gasteiger partial charge in [0.25, 0.3) is 0 Å². The number of aromatic nitrogens is 3. The van der Waals surface area contributed by atoms with E-state index >= 15 is 0 Å². The van der Waals surface area contributed by atoms with Gasteiger partial charge in [-0.25, -0.2) is 14.4 Å². The Bertz CT molecular complexity index is 932. The van der Waals surface area contributed by atoms with Crippen molar-refractivity contribution in [3.8, 4) is 0 Å². The number of aromatic amines is 1. The van der Waals surface area contributed by atoms with Crippen LogP contribution < -0.4 is 0 Å². The van der Waals surface area contributed by atoms with Gasteiger partial charge >= 0.3 is 6.18 Å². The number of halogens is 4. The SMILES string of the molecule is Fc1ccc2c(CN3CCc4cnc(C(F)(F)F)nc4C3)c[nH]c2c1.